The summed E-state index contributed by atoms with van der Waals surface area (Å²) in [4.78, 5) is 2.95. The molecule has 0 saturated heterocycles. The molecule has 1 aromatic heterocycles. The summed E-state index contributed by atoms with van der Waals surface area (Å²) in [6.07, 6.45) is 1.55. The van der Waals surface area contributed by atoms with Crippen LogP contribution in [0.2, 0.25) is 0 Å². The fourth-order valence-electron chi connectivity index (χ4n) is 1.45. The molecule has 0 saturated carbocycles. The normalized spacial score (nSPS) is 10.1. The molecule has 0 unspecified atom stereocenters. The zero-order chi connectivity index (χ0) is 9.97. The van der Waals surface area contributed by atoms with E-state index in [4.69, 9.17) is 4.74 Å². The number of rotatable bonds is 2. The monoisotopic (exact) mass is 189 g/mol. The van der Waals surface area contributed by atoms with Crippen molar-refractivity contribution in [1.29, 1.82) is 0 Å². The lowest BCUT2D eigenvalue weighted by Gasteiger charge is -2.08. The van der Waals surface area contributed by atoms with E-state index >= 15 is 0 Å². The molecule has 0 bridgehead atoms. The predicted molar refractivity (Wildman–Crippen MR) is 53.1 cm³/mol. The Hall–Kier alpha value is -1.84. The van der Waals surface area contributed by atoms with Gasteiger partial charge in [-0.1, -0.05) is 12.1 Å². The van der Waals surface area contributed by atoms with Crippen molar-refractivity contribution in [3.63, 3.8) is 0 Å². The standard InChI is InChI=1S/C10H11N3O/c1-7-4-3-5-8(9(7)14-2)10-11-6-12-13-10/h3-6H,1-2H3,(H,11,12,13). The largest absolute Gasteiger partial charge is 0.496 e. The maximum atomic E-state index is 5.31. The summed E-state index contributed by atoms with van der Waals surface area (Å²) in [5.41, 5.74) is 2.02. The molecule has 4 nitrogen and oxygen atoms in total. The van der Waals surface area contributed by atoms with Gasteiger partial charge < -0.3 is 9.72 Å². The van der Waals surface area contributed by atoms with Gasteiger partial charge in [0.2, 0.25) is 0 Å². The van der Waals surface area contributed by atoms with Crippen LogP contribution < -0.4 is 4.74 Å². The van der Waals surface area contributed by atoms with E-state index in [-0.39, 0.29) is 0 Å². The number of aromatic amines is 1. The third kappa shape index (κ3) is 1.35. The van der Waals surface area contributed by atoms with Gasteiger partial charge in [0, 0.05) is 0 Å². The van der Waals surface area contributed by atoms with Crippen molar-refractivity contribution in [3.8, 4) is 17.1 Å². The van der Waals surface area contributed by atoms with Crippen LogP contribution in [0.15, 0.2) is 24.5 Å². The highest BCUT2D eigenvalue weighted by Gasteiger charge is 2.09. The topological polar surface area (TPSA) is 50.8 Å². The fraction of sp³-hybridized carbons (Fsp3) is 0.200. The molecule has 0 aliphatic heterocycles. The molecule has 2 rings (SSSR count). The zero-order valence-corrected chi connectivity index (χ0v) is 8.11. The average molecular weight is 189 g/mol. The first-order valence-corrected chi connectivity index (χ1v) is 4.33. The van der Waals surface area contributed by atoms with E-state index in [0.29, 0.717) is 0 Å². The van der Waals surface area contributed by atoms with Crippen LogP contribution in [0.5, 0.6) is 5.75 Å². The average Bonchev–Trinajstić information content (AvgIpc) is 2.70. The van der Waals surface area contributed by atoms with Crippen molar-refractivity contribution in [2.75, 3.05) is 7.11 Å². The number of hydrogen-bond donors (Lipinski definition) is 1. The molecule has 0 amide bonds. The van der Waals surface area contributed by atoms with Crippen LogP contribution in [0.1, 0.15) is 5.56 Å². The van der Waals surface area contributed by atoms with Gasteiger partial charge in [-0.2, -0.15) is 0 Å². The Labute approximate surface area is 81.9 Å². The SMILES string of the molecule is COc1c(C)cccc1-c1nnc[nH]1. The van der Waals surface area contributed by atoms with Crippen molar-refractivity contribution >= 4 is 0 Å². The molecule has 0 fully saturated rings. The number of aryl methyl sites for hydroxylation is 1. The molecule has 72 valence electrons. The van der Waals surface area contributed by atoms with Gasteiger partial charge in [0.1, 0.15) is 12.1 Å². The second kappa shape index (κ2) is 3.49. The molecule has 2 aromatic rings. The van der Waals surface area contributed by atoms with E-state index in [9.17, 15) is 0 Å². The smallest absolute Gasteiger partial charge is 0.164 e. The Balaban J connectivity index is 2.58. The van der Waals surface area contributed by atoms with Gasteiger partial charge in [-0.25, -0.2) is 0 Å². The lowest BCUT2D eigenvalue weighted by molar-refractivity contribution is 0.413. The molecule has 0 radical (unpaired) electrons. The number of ether oxygens (including phenoxy) is 1. The first kappa shape index (κ1) is 8.74. The van der Waals surface area contributed by atoms with Gasteiger partial charge in [-0.3, -0.25) is 0 Å². The van der Waals surface area contributed by atoms with Gasteiger partial charge in [0.25, 0.3) is 0 Å². The highest BCUT2D eigenvalue weighted by atomic mass is 16.5. The van der Waals surface area contributed by atoms with Gasteiger partial charge >= 0.3 is 0 Å². The lowest BCUT2D eigenvalue weighted by Crippen LogP contribution is -1.92. The van der Waals surface area contributed by atoms with E-state index in [1.807, 2.05) is 25.1 Å². The van der Waals surface area contributed by atoms with Crippen LogP contribution in [0, 0.1) is 6.92 Å². The van der Waals surface area contributed by atoms with Crippen molar-refractivity contribution in [1.82, 2.24) is 15.2 Å². The Morgan fingerprint density at radius 3 is 2.86 bits per heavy atom. The van der Waals surface area contributed by atoms with E-state index in [1.165, 1.54) is 0 Å². The maximum Gasteiger partial charge on any atom is 0.164 e. The number of benzene rings is 1. The Bertz CT molecular complexity index is 423. The summed E-state index contributed by atoms with van der Waals surface area (Å²) < 4.78 is 5.31. The Morgan fingerprint density at radius 1 is 1.36 bits per heavy atom. The van der Waals surface area contributed by atoms with Crippen LogP contribution >= 0.6 is 0 Å². The lowest BCUT2D eigenvalue weighted by atomic mass is 10.1. The molecular weight excluding hydrogens is 178 g/mol. The summed E-state index contributed by atoms with van der Waals surface area (Å²) in [5.74, 6) is 1.56. The molecule has 0 atom stereocenters. The molecule has 1 heterocycles. The number of nitrogens with one attached hydrogen (secondary N) is 1. The summed E-state index contributed by atoms with van der Waals surface area (Å²) in [7, 11) is 1.65. The second-order valence-electron chi connectivity index (χ2n) is 2.99. The first-order chi connectivity index (χ1) is 6.83. The maximum absolute atomic E-state index is 5.31. The molecule has 0 aliphatic carbocycles. The summed E-state index contributed by atoms with van der Waals surface area (Å²) >= 11 is 0. The van der Waals surface area contributed by atoms with Gasteiger partial charge in [-0.05, 0) is 18.6 Å². The molecule has 0 spiro atoms. The molecular formula is C10H11N3O. The molecule has 1 aromatic carbocycles. The minimum atomic E-state index is 0.727. The molecule has 1 N–H and O–H groups in total. The van der Waals surface area contributed by atoms with Crippen molar-refractivity contribution in [3.05, 3.63) is 30.1 Å². The molecule has 0 aliphatic rings. The summed E-state index contributed by atoms with van der Waals surface area (Å²) in [6.45, 7) is 2.00. The predicted octanol–water partition coefficient (Wildman–Crippen LogP) is 1.79. The van der Waals surface area contributed by atoms with Gasteiger partial charge in [0.05, 0.1) is 12.7 Å². The number of H-pyrrole nitrogens is 1. The van der Waals surface area contributed by atoms with Gasteiger partial charge in [-0.15, -0.1) is 10.2 Å². The summed E-state index contributed by atoms with van der Waals surface area (Å²) in [5, 5.41) is 7.69. The van der Waals surface area contributed by atoms with Crippen LogP contribution in [-0.2, 0) is 0 Å². The number of nitrogens with zero attached hydrogens (tertiary/aromatic N) is 2. The number of hydrogen-bond acceptors (Lipinski definition) is 3. The van der Waals surface area contributed by atoms with E-state index < -0.39 is 0 Å². The fourth-order valence-corrected chi connectivity index (χ4v) is 1.45. The molecule has 4 heteroatoms. The summed E-state index contributed by atoms with van der Waals surface area (Å²) in [6, 6.07) is 5.92. The van der Waals surface area contributed by atoms with E-state index in [1.54, 1.807) is 13.4 Å². The van der Waals surface area contributed by atoms with E-state index in [0.717, 1.165) is 22.7 Å². The number of para-hydroxylation sites is 1. The van der Waals surface area contributed by atoms with Crippen LogP contribution in [-0.4, -0.2) is 22.3 Å². The number of aromatic nitrogens is 3. The first-order valence-electron chi connectivity index (χ1n) is 4.33. The van der Waals surface area contributed by atoms with Crippen molar-refractivity contribution in [2.24, 2.45) is 0 Å². The van der Waals surface area contributed by atoms with Gasteiger partial charge in [0.15, 0.2) is 5.82 Å². The minimum Gasteiger partial charge on any atom is -0.496 e. The Kier molecular flexibility index (Phi) is 2.18. The zero-order valence-electron chi connectivity index (χ0n) is 8.11. The van der Waals surface area contributed by atoms with Crippen LogP contribution in [0.3, 0.4) is 0 Å². The van der Waals surface area contributed by atoms with E-state index in [2.05, 4.69) is 15.2 Å². The third-order valence-electron chi connectivity index (χ3n) is 2.09. The molecule has 14 heavy (non-hydrogen) atoms. The number of methoxy groups -OCH3 is 1. The Morgan fingerprint density at radius 2 is 2.21 bits per heavy atom. The quantitative estimate of drug-likeness (QED) is 0.783. The van der Waals surface area contributed by atoms with Crippen LogP contribution in [0.25, 0.3) is 11.4 Å². The third-order valence-corrected chi connectivity index (χ3v) is 2.09. The highest BCUT2D eigenvalue weighted by molar-refractivity contribution is 5.65. The second-order valence-corrected chi connectivity index (χ2v) is 2.99. The van der Waals surface area contributed by atoms with Crippen LogP contribution in [0.4, 0.5) is 0 Å². The minimum absolute atomic E-state index is 0.727. The van der Waals surface area contributed by atoms with Crippen molar-refractivity contribution in [2.45, 2.75) is 6.92 Å². The highest BCUT2D eigenvalue weighted by Crippen LogP contribution is 2.29. The van der Waals surface area contributed by atoms with Crippen molar-refractivity contribution < 1.29 is 4.74 Å².